The molecule has 0 bridgehead atoms. The molecule has 1 unspecified atom stereocenters. The van der Waals surface area contributed by atoms with Crippen LogP contribution in [0.3, 0.4) is 0 Å². The summed E-state index contributed by atoms with van der Waals surface area (Å²) < 4.78 is 5.31. The minimum Gasteiger partial charge on any atom is -0.444 e. The first-order valence-electron chi connectivity index (χ1n) is 8.24. The fourth-order valence-corrected chi connectivity index (χ4v) is 2.58. The van der Waals surface area contributed by atoms with E-state index in [1.807, 2.05) is 0 Å². The molecule has 2 rings (SSSR count). The lowest BCUT2D eigenvalue weighted by molar-refractivity contribution is -0.125. The molecule has 10 nitrogen and oxygen atoms in total. The molecular weight excluding hydrogens is 342 g/mol. The predicted octanol–water partition coefficient (Wildman–Crippen LogP) is 0.221. The van der Waals surface area contributed by atoms with Crippen molar-refractivity contribution in [2.75, 3.05) is 6.54 Å². The van der Waals surface area contributed by atoms with E-state index in [1.54, 1.807) is 27.7 Å². The van der Waals surface area contributed by atoms with E-state index in [0.717, 1.165) is 6.21 Å². The van der Waals surface area contributed by atoms with Crippen molar-refractivity contribution in [3.05, 3.63) is 32.1 Å². The van der Waals surface area contributed by atoms with E-state index < -0.39 is 34.9 Å². The molecule has 0 saturated carbocycles. The number of aromatic amines is 2. The van der Waals surface area contributed by atoms with Crippen LogP contribution in [-0.4, -0.2) is 51.3 Å². The van der Waals surface area contributed by atoms with Gasteiger partial charge in [-0.3, -0.25) is 19.5 Å². The van der Waals surface area contributed by atoms with E-state index >= 15 is 0 Å². The van der Waals surface area contributed by atoms with Crippen molar-refractivity contribution < 1.29 is 14.3 Å². The van der Waals surface area contributed by atoms with Crippen molar-refractivity contribution in [1.82, 2.24) is 20.3 Å². The van der Waals surface area contributed by atoms with Crippen LogP contribution in [0.15, 0.2) is 14.7 Å². The van der Waals surface area contributed by atoms with Crippen LogP contribution in [-0.2, 0) is 9.53 Å². The van der Waals surface area contributed by atoms with Crippen LogP contribution in [0, 0.1) is 6.92 Å². The maximum Gasteiger partial charge on any atom is 0.410 e. The van der Waals surface area contributed by atoms with Gasteiger partial charge in [0.25, 0.3) is 11.5 Å². The Kier molecular flexibility index (Phi) is 5.63. The Morgan fingerprint density at radius 3 is 2.62 bits per heavy atom. The maximum atomic E-state index is 12.3. The first-order valence-corrected chi connectivity index (χ1v) is 8.24. The number of hydrogen-bond donors (Lipinski definition) is 3. The second-order valence-corrected chi connectivity index (χ2v) is 7.01. The molecule has 0 aromatic carbocycles. The van der Waals surface area contributed by atoms with Gasteiger partial charge in [-0.25, -0.2) is 15.0 Å². The van der Waals surface area contributed by atoms with Gasteiger partial charge in [0, 0.05) is 12.2 Å². The van der Waals surface area contributed by atoms with Crippen LogP contribution in [0.2, 0.25) is 0 Å². The number of ether oxygens (including phenoxy) is 1. The van der Waals surface area contributed by atoms with Crippen molar-refractivity contribution >= 4 is 18.2 Å². The molecule has 26 heavy (non-hydrogen) atoms. The van der Waals surface area contributed by atoms with Crippen LogP contribution < -0.4 is 16.7 Å². The molecule has 1 fully saturated rings. The van der Waals surface area contributed by atoms with E-state index in [9.17, 15) is 19.2 Å². The zero-order valence-corrected chi connectivity index (χ0v) is 15.2. The number of nitrogens with one attached hydrogen (secondary N) is 3. The molecule has 0 aliphatic carbocycles. The molecule has 10 heteroatoms. The number of amides is 2. The summed E-state index contributed by atoms with van der Waals surface area (Å²) in [5.41, 5.74) is 0.899. The van der Waals surface area contributed by atoms with Gasteiger partial charge in [0.2, 0.25) is 0 Å². The highest BCUT2D eigenvalue weighted by Crippen LogP contribution is 2.20. The third-order valence-electron chi connectivity index (χ3n) is 3.73. The lowest BCUT2D eigenvalue weighted by Crippen LogP contribution is -2.46. The highest BCUT2D eigenvalue weighted by atomic mass is 16.6. The zero-order valence-electron chi connectivity index (χ0n) is 15.2. The highest BCUT2D eigenvalue weighted by Gasteiger charge is 2.36. The van der Waals surface area contributed by atoms with E-state index in [4.69, 9.17) is 4.74 Å². The Morgan fingerprint density at radius 2 is 2.00 bits per heavy atom. The number of hydrazone groups is 1. The quantitative estimate of drug-likeness (QED) is 0.520. The molecule has 1 atom stereocenters. The van der Waals surface area contributed by atoms with Crippen molar-refractivity contribution in [3.8, 4) is 0 Å². The SMILES string of the molecule is Cc1[nH]c(=O)[nH]c(=O)c1/C=N/NC(=O)C1CCCN1C(=O)OC(C)(C)C. The monoisotopic (exact) mass is 365 g/mol. The Hall–Kier alpha value is -2.91. The molecule has 1 aromatic heterocycles. The number of aryl methyl sites for hydroxylation is 1. The van der Waals surface area contributed by atoms with Crippen LogP contribution >= 0.6 is 0 Å². The van der Waals surface area contributed by atoms with Gasteiger partial charge in [-0.2, -0.15) is 5.10 Å². The third kappa shape index (κ3) is 4.80. The Morgan fingerprint density at radius 1 is 1.31 bits per heavy atom. The molecule has 2 amide bonds. The van der Waals surface area contributed by atoms with Gasteiger partial charge in [0.05, 0.1) is 11.8 Å². The first kappa shape index (κ1) is 19.4. The summed E-state index contributed by atoms with van der Waals surface area (Å²) in [6.45, 7) is 7.23. The largest absolute Gasteiger partial charge is 0.444 e. The second-order valence-electron chi connectivity index (χ2n) is 7.01. The first-order chi connectivity index (χ1) is 12.1. The topological polar surface area (TPSA) is 137 Å². The molecule has 1 aliphatic rings. The lowest BCUT2D eigenvalue weighted by Gasteiger charge is -2.27. The van der Waals surface area contributed by atoms with E-state index in [2.05, 4.69) is 20.5 Å². The molecule has 1 aromatic rings. The number of likely N-dealkylation sites (tertiary alicyclic amines) is 1. The molecular formula is C16H23N5O5. The Balaban J connectivity index is 2.04. The minimum absolute atomic E-state index is 0.125. The Labute approximate surface area is 149 Å². The van der Waals surface area contributed by atoms with Gasteiger partial charge in [-0.1, -0.05) is 0 Å². The number of carbonyl (C=O) groups excluding carboxylic acids is 2. The smallest absolute Gasteiger partial charge is 0.410 e. The predicted molar refractivity (Wildman–Crippen MR) is 94.1 cm³/mol. The minimum atomic E-state index is -0.683. The van der Waals surface area contributed by atoms with Crippen LogP contribution in [0.5, 0.6) is 0 Å². The number of nitrogens with zero attached hydrogens (tertiary/aromatic N) is 2. The molecule has 1 saturated heterocycles. The van der Waals surface area contributed by atoms with Gasteiger partial charge in [-0.05, 0) is 40.5 Å². The molecule has 1 aliphatic heterocycles. The zero-order chi connectivity index (χ0) is 19.5. The Bertz CT molecular complexity index is 833. The second kappa shape index (κ2) is 7.54. The van der Waals surface area contributed by atoms with Gasteiger partial charge >= 0.3 is 11.8 Å². The van der Waals surface area contributed by atoms with Crippen molar-refractivity contribution in [3.63, 3.8) is 0 Å². The van der Waals surface area contributed by atoms with Crippen LogP contribution in [0.25, 0.3) is 0 Å². The van der Waals surface area contributed by atoms with Gasteiger partial charge in [0.1, 0.15) is 11.6 Å². The molecule has 3 N–H and O–H groups in total. The maximum absolute atomic E-state index is 12.3. The van der Waals surface area contributed by atoms with E-state index in [0.29, 0.717) is 25.1 Å². The summed E-state index contributed by atoms with van der Waals surface area (Å²) >= 11 is 0. The number of aromatic nitrogens is 2. The number of hydrogen-bond acceptors (Lipinski definition) is 6. The standard InChI is InChI=1S/C16H23N5O5/c1-9-10(12(22)19-14(24)18-9)8-17-20-13(23)11-6-5-7-21(11)15(25)26-16(2,3)4/h8,11H,5-7H2,1-4H3,(H,20,23)(H2,18,19,22,24)/b17-8+. The highest BCUT2D eigenvalue weighted by molar-refractivity contribution is 5.88. The number of rotatable bonds is 3. The summed E-state index contributed by atoms with van der Waals surface area (Å²) in [6, 6.07) is -0.683. The third-order valence-corrected chi connectivity index (χ3v) is 3.73. The van der Waals surface area contributed by atoms with Crippen molar-refractivity contribution in [2.24, 2.45) is 5.10 Å². The van der Waals surface area contributed by atoms with Crippen molar-refractivity contribution in [2.45, 2.75) is 52.2 Å². The van der Waals surface area contributed by atoms with E-state index in [1.165, 1.54) is 4.90 Å². The molecule has 142 valence electrons. The number of H-pyrrole nitrogens is 2. The van der Waals surface area contributed by atoms with Gasteiger partial charge in [0.15, 0.2) is 0 Å². The molecule has 2 heterocycles. The summed E-state index contributed by atoms with van der Waals surface area (Å²) in [6.07, 6.45) is 1.78. The normalized spacial score (nSPS) is 17.5. The van der Waals surface area contributed by atoms with Crippen molar-refractivity contribution in [1.29, 1.82) is 0 Å². The molecule has 0 radical (unpaired) electrons. The number of carbonyl (C=O) groups is 2. The molecule has 0 spiro atoms. The van der Waals surface area contributed by atoms with Gasteiger partial charge in [-0.15, -0.1) is 0 Å². The summed E-state index contributed by atoms with van der Waals surface area (Å²) in [4.78, 5) is 53.3. The summed E-state index contributed by atoms with van der Waals surface area (Å²) in [5.74, 6) is -0.469. The average Bonchev–Trinajstić information content (AvgIpc) is 2.97. The fraction of sp³-hybridized carbons (Fsp3) is 0.562. The summed E-state index contributed by atoms with van der Waals surface area (Å²) in [7, 11) is 0. The fourth-order valence-electron chi connectivity index (χ4n) is 2.58. The lowest BCUT2D eigenvalue weighted by atomic mass is 10.2. The van der Waals surface area contributed by atoms with Crippen LogP contribution in [0.1, 0.15) is 44.9 Å². The van der Waals surface area contributed by atoms with E-state index in [-0.39, 0.29) is 5.56 Å². The average molecular weight is 365 g/mol. The van der Waals surface area contributed by atoms with Gasteiger partial charge < -0.3 is 9.72 Å². The van der Waals surface area contributed by atoms with Crippen LogP contribution in [0.4, 0.5) is 4.79 Å². The summed E-state index contributed by atoms with van der Waals surface area (Å²) in [5, 5.41) is 3.76.